The highest BCUT2D eigenvalue weighted by atomic mass is 16.5. The molecule has 2 rings (SSSR count). The highest BCUT2D eigenvalue weighted by molar-refractivity contribution is 6.59. The number of nitrogens with zero attached hydrogens (tertiary/aromatic N) is 1. The van der Waals surface area contributed by atoms with Crippen LogP contribution in [0.5, 0.6) is 5.75 Å². The zero-order valence-corrected chi connectivity index (χ0v) is 11.1. The Morgan fingerprint density at radius 2 is 2.00 bits per heavy atom. The topological polar surface area (TPSA) is 73.5 Å². The quantitative estimate of drug-likeness (QED) is 0.814. The van der Waals surface area contributed by atoms with E-state index in [0.29, 0.717) is 23.4 Å². The normalized spacial score (nSPS) is 9.90. The molecule has 100 valence electrons. The van der Waals surface area contributed by atoms with Crippen LogP contribution in [0.15, 0.2) is 42.5 Å². The van der Waals surface area contributed by atoms with Gasteiger partial charge in [0.25, 0.3) is 0 Å². The van der Waals surface area contributed by atoms with Gasteiger partial charge < -0.3 is 14.8 Å². The highest BCUT2D eigenvalue weighted by Gasteiger charge is 2.13. The van der Waals surface area contributed by atoms with E-state index in [1.54, 1.807) is 37.3 Å². The largest absolute Gasteiger partial charge is 0.489 e. The smallest absolute Gasteiger partial charge is 0.488 e. The summed E-state index contributed by atoms with van der Waals surface area (Å²) in [4.78, 5) is 0. The van der Waals surface area contributed by atoms with E-state index < -0.39 is 7.12 Å². The number of benzene rings is 2. The fourth-order valence-corrected chi connectivity index (χ4v) is 1.92. The third kappa shape index (κ3) is 3.38. The van der Waals surface area contributed by atoms with Crippen molar-refractivity contribution in [3.05, 3.63) is 59.2 Å². The number of aryl methyl sites for hydroxylation is 1. The van der Waals surface area contributed by atoms with Crippen molar-refractivity contribution in [3.63, 3.8) is 0 Å². The molecule has 4 nitrogen and oxygen atoms in total. The van der Waals surface area contributed by atoms with E-state index in [1.807, 2.05) is 12.1 Å². The van der Waals surface area contributed by atoms with Gasteiger partial charge in [0.2, 0.25) is 0 Å². The molecule has 0 aromatic heterocycles. The van der Waals surface area contributed by atoms with Crippen molar-refractivity contribution >= 4 is 12.6 Å². The van der Waals surface area contributed by atoms with Gasteiger partial charge in [-0.3, -0.25) is 0 Å². The summed E-state index contributed by atoms with van der Waals surface area (Å²) in [5, 5.41) is 27.1. The second-order valence-electron chi connectivity index (χ2n) is 4.49. The van der Waals surface area contributed by atoms with Crippen molar-refractivity contribution in [1.82, 2.24) is 0 Å². The Bertz CT molecular complexity index is 650. The van der Waals surface area contributed by atoms with Crippen molar-refractivity contribution < 1.29 is 14.8 Å². The van der Waals surface area contributed by atoms with Crippen LogP contribution in [0.3, 0.4) is 0 Å². The molecule has 2 aromatic carbocycles. The summed E-state index contributed by atoms with van der Waals surface area (Å²) in [7, 11) is -1.48. The average Bonchev–Trinajstić information content (AvgIpc) is 2.45. The van der Waals surface area contributed by atoms with E-state index in [9.17, 15) is 0 Å². The maximum Gasteiger partial charge on any atom is 0.488 e. The summed E-state index contributed by atoms with van der Waals surface area (Å²) in [6, 6.07) is 14.4. The molecule has 0 aliphatic carbocycles. The molecule has 0 amide bonds. The molecule has 0 radical (unpaired) electrons. The summed E-state index contributed by atoms with van der Waals surface area (Å²) >= 11 is 0. The minimum atomic E-state index is -1.48. The van der Waals surface area contributed by atoms with Crippen LogP contribution < -0.4 is 10.2 Å². The van der Waals surface area contributed by atoms with E-state index in [2.05, 4.69) is 6.07 Å². The van der Waals surface area contributed by atoms with Crippen LogP contribution in [0.25, 0.3) is 0 Å². The Hall–Kier alpha value is -2.29. The molecule has 0 heterocycles. The average molecular weight is 267 g/mol. The standard InChI is InChI=1S/C15H14BNO3/c1-11-7-14(5-6-15(11)16(18)19)20-10-13-4-2-3-12(8-13)9-17/h2-8,18-19H,10H2,1H3. The first-order valence-electron chi connectivity index (χ1n) is 6.18. The Labute approximate surface area is 118 Å². The SMILES string of the molecule is Cc1cc(OCc2cccc(C#N)c2)ccc1B(O)O. The van der Waals surface area contributed by atoms with Crippen molar-refractivity contribution in [2.75, 3.05) is 0 Å². The molecule has 0 fully saturated rings. The molecule has 2 aromatic rings. The summed E-state index contributed by atoms with van der Waals surface area (Å²) in [6.07, 6.45) is 0. The van der Waals surface area contributed by atoms with Crippen molar-refractivity contribution in [3.8, 4) is 11.8 Å². The van der Waals surface area contributed by atoms with Gasteiger partial charge >= 0.3 is 7.12 Å². The lowest BCUT2D eigenvalue weighted by Gasteiger charge is -2.10. The number of rotatable bonds is 4. The van der Waals surface area contributed by atoms with Crippen LogP contribution in [-0.2, 0) is 6.61 Å². The zero-order chi connectivity index (χ0) is 14.5. The third-order valence-corrected chi connectivity index (χ3v) is 2.98. The molecule has 2 N–H and O–H groups in total. The van der Waals surface area contributed by atoms with Gasteiger partial charge in [0, 0.05) is 0 Å². The fourth-order valence-electron chi connectivity index (χ4n) is 1.92. The van der Waals surface area contributed by atoms with Crippen molar-refractivity contribution in [2.45, 2.75) is 13.5 Å². The summed E-state index contributed by atoms with van der Waals surface area (Å²) in [5.41, 5.74) is 2.72. The van der Waals surface area contributed by atoms with Gasteiger partial charge in [-0.05, 0) is 47.8 Å². The summed E-state index contributed by atoms with van der Waals surface area (Å²) in [6.45, 7) is 2.15. The Kier molecular flexibility index (Phi) is 4.41. The fraction of sp³-hybridized carbons (Fsp3) is 0.133. The Morgan fingerprint density at radius 1 is 1.20 bits per heavy atom. The van der Waals surface area contributed by atoms with Gasteiger partial charge in [-0.25, -0.2) is 0 Å². The number of nitriles is 1. The second kappa shape index (κ2) is 6.24. The second-order valence-corrected chi connectivity index (χ2v) is 4.49. The lowest BCUT2D eigenvalue weighted by Crippen LogP contribution is -2.31. The molecule has 0 unspecified atom stereocenters. The molecule has 0 atom stereocenters. The van der Waals surface area contributed by atoms with Crippen LogP contribution in [0.1, 0.15) is 16.7 Å². The van der Waals surface area contributed by atoms with Gasteiger partial charge in [-0.15, -0.1) is 0 Å². The van der Waals surface area contributed by atoms with E-state index in [4.69, 9.17) is 20.0 Å². The first kappa shape index (κ1) is 14.1. The molecule has 0 spiro atoms. The van der Waals surface area contributed by atoms with Crippen LogP contribution in [0, 0.1) is 18.3 Å². The van der Waals surface area contributed by atoms with Crippen LogP contribution >= 0.6 is 0 Å². The van der Waals surface area contributed by atoms with E-state index in [-0.39, 0.29) is 0 Å². The lowest BCUT2D eigenvalue weighted by molar-refractivity contribution is 0.306. The number of ether oxygens (including phenoxy) is 1. The van der Waals surface area contributed by atoms with Crippen molar-refractivity contribution in [2.24, 2.45) is 0 Å². The zero-order valence-electron chi connectivity index (χ0n) is 11.1. The molecule has 0 aliphatic rings. The molecule has 0 saturated carbocycles. The maximum atomic E-state index is 9.15. The van der Waals surface area contributed by atoms with Gasteiger partial charge in [-0.1, -0.05) is 18.2 Å². The van der Waals surface area contributed by atoms with Gasteiger partial charge in [0.05, 0.1) is 11.6 Å². The van der Waals surface area contributed by atoms with E-state index in [0.717, 1.165) is 11.1 Å². The Morgan fingerprint density at radius 3 is 2.65 bits per heavy atom. The van der Waals surface area contributed by atoms with Gasteiger partial charge in [0.1, 0.15) is 12.4 Å². The summed E-state index contributed by atoms with van der Waals surface area (Å²) in [5.74, 6) is 0.647. The molecule has 0 saturated heterocycles. The minimum absolute atomic E-state index is 0.357. The van der Waals surface area contributed by atoms with E-state index in [1.165, 1.54) is 0 Å². The van der Waals surface area contributed by atoms with Crippen LogP contribution in [-0.4, -0.2) is 17.2 Å². The van der Waals surface area contributed by atoms with Crippen molar-refractivity contribution in [1.29, 1.82) is 5.26 Å². The molecule has 0 aliphatic heterocycles. The molecule has 0 bridgehead atoms. The molecule has 5 heteroatoms. The van der Waals surface area contributed by atoms with E-state index >= 15 is 0 Å². The summed E-state index contributed by atoms with van der Waals surface area (Å²) < 4.78 is 5.63. The minimum Gasteiger partial charge on any atom is -0.489 e. The lowest BCUT2D eigenvalue weighted by atomic mass is 9.77. The first-order valence-corrected chi connectivity index (χ1v) is 6.18. The molecular weight excluding hydrogens is 253 g/mol. The predicted octanol–water partition coefficient (Wildman–Crippen LogP) is 1.13. The number of hydrogen-bond acceptors (Lipinski definition) is 4. The maximum absolute atomic E-state index is 9.15. The third-order valence-electron chi connectivity index (χ3n) is 2.98. The Balaban J connectivity index is 2.07. The highest BCUT2D eigenvalue weighted by Crippen LogP contribution is 2.14. The van der Waals surface area contributed by atoms with Crippen LogP contribution in [0.2, 0.25) is 0 Å². The van der Waals surface area contributed by atoms with Gasteiger partial charge in [0.15, 0.2) is 0 Å². The van der Waals surface area contributed by atoms with Gasteiger partial charge in [-0.2, -0.15) is 5.26 Å². The molecule has 20 heavy (non-hydrogen) atoms. The first-order chi connectivity index (χ1) is 9.60. The number of hydrogen-bond donors (Lipinski definition) is 2. The molecular formula is C15H14BNO3. The van der Waals surface area contributed by atoms with Crippen LogP contribution in [0.4, 0.5) is 0 Å². The monoisotopic (exact) mass is 267 g/mol. The predicted molar refractivity (Wildman–Crippen MR) is 76.5 cm³/mol.